The molecule has 0 radical (unpaired) electrons. The highest BCUT2D eigenvalue weighted by Gasteiger charge is 2.14. The molecule has 1 amide bonds. The van der Waals surface area contributed by atoms with Crippen LogP contribution in [0.1, 0.15) is 28.4 Å². The lowest BCUT2D eigenvalue weighted by Gasteiger charge is -2.11. The fourth-order valence-corrected chi connectivity index (χ4v) is 2.41. The van der Waals surface area contributed by atoms with Gasteiger partial charge in [-0.25, -0.2) is 4.79 Å². The van der Waals surface area contributed by atoms with Gasteiger partial charge in [-0.2, -0.15) is 0 Å². The fraction of sp³-hybridized carbons (Fsp3) is 0.263. The normalized spacial score (nSPS) is 10.1. The van der Waals surface area contributed by atoms with Crippen molar-refractivity contribution in [2.24, 2.45) is 0 Å². The van der Waals surface area contributed by atoms with Gasteiger partial charge in [0.05, 0.1) is 31.4 Å². The van der Waals surface area contributed by atoms with Crippen molar-refractivity contribution in [1.29, 1.82) is 0 Å². The number of methoxy groups -OCH3 is 1. The lowest BCUT2D eigenvalue weighted by atomic mass is 10.1. The zero-order chi connectivity index (χ0) is 17.5. The summed E-state index contributed by atoms with van der Waals surface area (Å²) in [6, 6.07) is 12.4. The lowest BCUT2D eigenvalue weighted by Crippen LogP contribution is -2.17. The van der Waals surface area contributed by atoms with Crippen molar-refractivity contribution in [2.45, 2.75) is 20.3 Å². The van der Waals surface area contributed by atoms with E-state index in [9.17, 15) is 9.59 Å². The van der Waals surface area contributed by atoms with Crippen LogP contribution in [0.3, 0.4) is 0 Å². The summed E-state index contributed by atoms with van der Waals surface area (Å²) in [6.07, 6.45) is 0.210. The maximum Gasteiger partial charge on any atom is 0.340 e. The number of benzene rings is 2. The molecular weight excluding hydrogens is 306 g/mol. The molecule has 0 spiro atoms. The Hall–Kier alpha value is -2.82. The molecule has 2 rings (SSSR count). The van der Waals surface area contributed by atoms with Crippen molar-refractivity contribution in [3.8, 4) is 5.75 Å². The first-order valence-electron chi connectivity index (χ1n) is 7.74. The average molecular weight is 327 g/mol. The van der Waals surface area contributed by atoms with Gasteiger partial charge in [0.25, 0.3) is 0 Å². The summed E-state index contributed by atoms with van der Waals surface area (Å²) in [4.78, 5) is 24.2. The number of ether oxygens (including phenoxy) is 2. The maximum absolute atomic E-state index is 12.3. The Morgan fingerprint density at radius 2 is 1.88 bits per heavy atom. The van der Waals surface area contributed by atoms with Gasteiger partial charge in [0.2, 0.25) is 5.91 Å². The number of amides is 1. The first-order valence-corrected chi connectivity index (χ1v) is 7.74. The van der Waals surface area contributed by atoms with Crippen LogP contribution in [0.25, 0.3) is 0 Å². The van der Waals surface area contributed by atoms with Crippen LogP contribution in [0.15, 0.2) is 42.5 Å². The Labute approximate surface area is 141 Å². The van der Waals surface area contributed by atoms with Crippen LogP contribution < -0.4 is 10.1 Å². The summed E-state index contributed by atoms with van der Waals surface area (Å²) in [5.41, 5.74) is 2.64. The second kappa shape index (κ2) is 8.15. The van der Waals surface area contributed by atoms with Gasteiger partial charge in [0.1, 0.15) is 5.75 Å². The van der Waals surface area contributed by atoms with Crippen molar-refractivity contribution in [3.05, 3.63) is 59.2 Å². The first kappa shape index (κ1) is 17.5. The molecule has 2 aromatic carbocycles. The Morgan fingerprint density at radius 3 is 2.54 bits per heavy atom. The fourth-order valence-electron chi connectivity index (χ4n) is 2.41. The maximum atomic E-state index is 12.3. The van der Waals surface area contributed by atoms with Crippen LogP contribution in [0.4, 0.5) is 5.69 Å². The van der Waals surface area contributed by atoms with Crippen LogP contribution in [0, 0.1) is 6.92 Å². The molecule has 0 aliphatic carbocycles. The minimum atomic E-state index is -0.450. The second-order valence-corrected chi connectivity index (χ2v) is 5.29. The van der Waals surface area contributed by atoms with Gasteiger partial charge in [-0.1, -0.05) is 24.3 Å². The van der Waals surface area contributed by atoms with E-state index >= 15 is 0 Å². The van der Waals surface area contributed by atoms with Gasteiger partial charge in [-0.15, -0.1) is 0 Å². The number of esters is 1. The van der Waals surface area contributed by atoms with E-state index in [1.165, 1.54) is 0 Å². The summed E-state index contributed by atoms with van der Waals surface area (Å²) in [5, 5.41) is 2.78. The molecule has 1 N–H and O–H groups in total. The van der Waals surface area contributed by atoms with Gasteiger partial charge in [0.15, 0.2) is 0 Å². The van der Waals surface area contributed by atoms with Crippen molar-refractivity contribution in [3.63, 3.8) is 0 Å². The quantitative estimate of drug-likeness (QED) is 0.826. The molecule has 0 saturated heterocycles. The van der Waals surface area contributed by atoms with Crippen LogP contribution in [0.2, 0.25) is 0 Å². The number of carbonyl (C=O) groups is 2. The standard InChI is InChI=1S/C19H21NO4/c1-4-24-19(22)15-7-5-6-8-16(15)20-18(21)12-14-9-10-17(23-3)13(2)11-14/h5-11H,4,12H2,1-3H3,(H,20,21). The molecule has 0 aliphatic rings. The van der Waals surface area contributed by atoms with Crippen molar-refractivity contribution in [1.82, 2.24) is 0 Å². The van der Waals surface area contributed by atoms with Crippen LogP contribution in [0.5, 0.6) is 5.75 Å². The summed E-state index contributed by atoms with van der Waals surface area (Å²) in [7, 11) is 1.61. The monoisotopic (exact) mass is 327 g/mol. The van der Waals surface area contributed by atoms with Crippen molar-refractivity contribution in [2.75, 3.05) is 19.0 Å². The zero-order valence-corrected chi connectivity index (χ0v) is 14.1. The summed E-state index contributed by atoms with van der Waals surface area (Å²) >= 11 is 0. The van der Waals surface area contributed by atoms with Crippen molar-refractivity contribution < 1.29 is 19.1 Å². The third-order valence-corrected chi connectivity index (χ3v) is 3.52. The van der Waals surface area contributed by atoms with E-state index in [4.69, 9.17) is 9.47 Å². The van der Waals surface area contributed by atoms with Gasteiger partial charge in [-0.3, -0.25) is 4.79 Å². The number of anilines is 1. The van der Waals surface area contributed by atoms with E-state index in [-0.39, 0.29) is 18.9 Å². The number of hydrogen-bond donors (Lipinski definition) is 1. The highest BCUT2D eigenvalue weighted by atomic mass is 16.5. The number of nitrogens with one attached hydrogen (secondary N) is 1. The number of carbonyl (C=O) groups excluding carboxylic acids is 2. The van der Waals surface area contributed by atoms with E-state index in [1.807, 2.05) is 25.1 Å². The van der Waals surface area contributed by atoms with E-state index in [1.54, 1.807) is 38.3 Å². The molecule has 2 aromatic rings. The minimum absolute atomic E-state index is 0.198. The Balaban J connectivity index is 2.10. The topological polar surface area (TPSA) is 64.6 Å². The molecule has 5 nitrogen and oxygen atoms in total. The average Bonchev–Trinajstić information content (AvgIpc) is 2.55. The Morgan fingerprint density at radius 1 is 1.12 bits per heavy atom. The summed E-state index contributed by atoms with van der Waals surface area (Å²) in [6.45, 7) is 3.95. The SMILES string of the molecule is CCOC(=O)c1ccccc1NC(=O)Cc1ccc(OC)c(C)c1. The highest BCUT2D eigenvalue weighted by molar-refractivity contribution is 6.01. The molecular formula is C19H21NO4. The molecule has 0 bridgehead atoms. The molecule has 0 unspecified atom stereocenters. The van der Waals surface area contributed by atoms with Gasteiger partial charge < -0.3 is 14.8 Å². The van der Waals surface area contributed by atoms with E-state index in [0.717, 1.165) is 16.9 Å². The molecule has 0 aromatic heterocycles. The van der Waals surface area contributed by atoms with E-state index in [0.29, 0.717) is 11.3 Å². The second-order valence-electron chi connectivity index (χ2n) is 5.29. The third kappa shape index (κ3) is 4.35. The molecule has 0 heterocycles. The molecule has 0 atom stereocenters. The summed E-state index contributed by atoms with van der Waals surface area (Å²) in [5.74, 6) is 0.136. The van der Waals surface area contributed by atoms with Crippen LogP contribution in [-0.4, -0.2) is 25.6 Å². The summed E-state index contributed by atoms with van der Waals surface area (Å²) < 4.78 is 10.2. The lowest BCUT2D eigenvalue weighted by molar-refractivity contribution is -0.115. The predicted octanol–water partition coefficient (Wildman–Crippen LogP) is 3.36. The number of para-hydroxylation sites is 1. The van der Waals surface area contributed by atoms with E-state index in [2.05, 4.69) is 5.32 Å². The molecule has 0 aliphatic heterocycles. The highest BCUT2D eigenvalue weighted by Crippen LogP contribution is 2.20. The van der Waals surface area contributed by atoms with Gasteiger partial charge >= 0.3 is 5.97 Å². The first-order chi connectivity index (χ1) is 11.5. The molecule has 0 fully saturated rings. The Kier molecular flexibility index (Phi) is 5.95. The van der Waals surface area contributed by atoms with Gasteiger partial charge in [-0.05, 0) is 43.2 Å². The molecule has 5 heteroatoms. The van der Waals surface area contributed by atoms with Crippen LogP contribution in [-0.2, 0) is 16.0 Å². The smallest absolute Gasteiger partial charge is 0.340 e. The predicted molar refractivity (Wildman–Crippen MR) is 92.5 cm³/mol. The minimum Gasteiger partial charge on any atom is -0.496 e. The van der Waals surface area contributed by atoms with E-state index < -0.39 is 5.97 Å². The number of rotatable bonds is 6. The zero-order valence-electron chi connectivity index (χ0n) is 14.1. The number of hydrogen-bond acceptors (Lipinski definition) is 4. The van der Waals surface area contributed by atoms with Crippen LogP contribution >= 0.6 is 0 Å². The molecule has 126 valence electrons. The molecule has 24 heavy (non-hydrogen) atoms. The van der Waals surface area contributed by atoms with Crippen molar-refractivity contribution >= 4 is 17.6 Å². The number of aryl methyl sites for hydroxylation is 1. The largest absolute Gasteiger partial charge is 0.496 e. The van der Waals surface area contributed by atoms with Gasteiger partial charge in [0, 0.05) is 0 Å². The molecule has 0 saturated carbocycles. The Bertz CT molecular complexity index is 740. The third-order valence-electron chi connectivity index (χ3n) is 3.52.